The molecule has 3 N–H and O–H groups in total. The van der Waals surface area contributed by atoms with Gasteiger partial charge in [0.2, 0.25) is 5.91 Å². The highest BCUT2D eigenvalue weighted by Gasteiger charge is 2.42. The van der Waals surface area contributed by atoms with E-state index in [9.17, 15) is 14.0 Å². The number of nitrogen functional groups attached to an aromatic ring is 1. The van der Waals surface area contributed by atoms with Gasteiger partial charge in [0.15, 0.2) is 5.78 Å². The smallest absolute Gasteiger partial charge is 0.217 e. The van der Waals surface area contributed by atoms with Crippen LogP contribution in [0.4, 0.5) is 10.1 Å². The Morgan fingerprint density at radius 3 is 2.80 bits per heavy atom. The van der Waals surface area contributed by atoms with Crippen LogP contribution in [0.3, 0.4) is 0 Å². The lowest BCUT2D eigenvalue weighted by Gasteiger charge is -2.35. The molecule has 1 amide bonds. The number of amides is 1. The topological polar surface area (TPSA) is 72.2 Å². The monoisotopic (exact) mass is 276 g/mol. The minimum Gasteiger partial charge on any atom is -0.398 e. The number of halogens is 1. The summed E-state index contributed by atoms with van der Waals surface area (Å²) in [5, 5.41) is 2.64. The third-order valence-corrected chi connectivity index (χ3v) is 3.83. The molecule has 0 aliphatic heterocycles. The van der Waals surface area contributed by atoms with Crippen molar-refractivity contribution in [3.63, 3.8) is 0 Å². The third kappa shape index (κ3) is 1.99. The number of ketones is 1. The van der Waals surface area contributed by atoms with Gasteiger partial charge >= 0.3 is 0 Å². The standard InChI is InChI=1S/C15H17FN2O2/c1-4-15(18-9(3)19)6-5-10-8(2)11(16)7-12(17)13(10)14(15)20/h4,7H,1,5-6,17H2,2-3H3,(H,18,19). The number of benzene rings is 1. The molecule has 0 aromatic heterocycles. The minimum atomic E-state index is -1.16. The van der Waals surface area contributed by atoms with E-state index in [0.717, 1.165) is 6.07 Å². The van der Waals surface area contributed by atoms with E-state index in [0.29, 0.717) is 29.5 Å². The lowest BCUT2D eigenvalue weighted by Crippen LogP contribution is -2.55. The number of nitrogens with two attached hydrogens (primary N) is 1. The van der Waals surface area contributed by atoms with Gasteiger partial charge in [-0.05, 0) is 37.0 Å². The summed E-state index contributed by atoms with van der Waals surface area (Å²) < 4.78 is 13.7. The summed E-state index contributed by atoms with van der Waals surface area (Å²) in [6, 6.07) is 1.15. The van der Waals surface area contributed by atoms with Crippen molar-refractivity contribution in [1.29, 1.82) is 0 Å². The van der Waals surface area contributed by atoms with E-state index in [-0.39, 0.29) is 17.4 Å². The van der Waals surface area contributed by atoms with E-state index >= 15 is 0 Å². The lowest BCUT2D eigenvalue weighted by atomic mass is 9.74. The van der Waals surface area contributed by atoms with E-state index in [1.54, 1.807) is 6.92 Å². The zero-order chi connectivity index (χ0) is 15.1. The number of nitrogens with one attached hydrogen (secondary N) is 1. The van der Waals surface area contributed by atoms with Crippen LogP contribution in [0.2, 0.25) is 0 Å². The van der Waals surface area contributed by atoms with Crippen molar-refractivity contribution in [2.24, 2.45) is 0 Å². The highest BCUT2D eigenvalue weighted by molar-refractivity contribution is 6.11. The maximum Gasteiger partial charge on any atom is 0.217 e. The number of carbonyl (C=O) groups is 2. The summed E-state index contributed by atoms with van der Waals surface area (Å²) >= 11 is 0. The number of carbonyl (C=O) groups excluding carboxylic acids is 2. The molecule has 1 atom stereocenters. The Balaban J connectivity index is 2.62. The van der Waals surface area contributed by atoms with Gasteiger partial charge in [-0.25, -0.2) is 4.39 Å². The molecular formula is C15H17FN2O2. The van der Waals surface area contributed by atoms with E-state index in [1.807, 2.05) is 0 Å². The molecule has 2 rings (SSSR count). The zero-order valence-electron chi connectivity index (χ0n) is 11.5. The van der Waals surface area contributed by atoms with Crippen LogP contribution in [0.5, 0.6) is 0 Å². The van der Waals surface area contributed by atoms with Crippen LogP contribution in [0, 0.1) is 12.7 Å². The molecule has 5 heteroatoms. The normalized spacial score (nSPS) is 21.2. The Labute approximate surface area is 116 Å². The van der Waals surface area contributed by atoms with Gasteiger partial charge in [-0.15, -0.1) is 6.58 Å². The highest BCUT2D eigenvalue weighted by Crippen LogP contribution is 2.35. The van der Waals surface area contributed by atoms with E-state index in [4.69, 9.17) is 5.73 Å². The van der Waals surface area contributed by atoms with Gasteiger partial charge in [0, 0.05) is 18.2 Å². The Morgan fingerprint density at radius 2 is 2.25 bits per heavy atom. The highest BCUT2D eigenvalue weighted by atomic mass is 19.1. The third-order valence-electron chi connectivity index (χ3n) is 3.83. The summed E-state index contributed by atoms with van der Waals surface area (Å²) in [6.45, 7) is 6.62. The first-order valence-electron chi connectivity index (χ1n) is 6.37. The molecule has 1 aromatic rings. The summed E-state index contributed by atoms with van der Waals surface area (Å²) in [4.78, 5) is 24.0. The second-order valence-electron chi connectivity index (χ2n) is 5.11. The number of Topliss-reactive ketones (excluding diaryl/α,β-unsaturated/α-hetero) is 1. The Morgan fingerprint density at radius 1 is 1.60 bits per heavy atom. The fourth-order valence-corrected chi connectivity index (χ4v) is 2.74. The Kier molecular flexibility index (Phi) is 3.38. The van der Waals surface area contributed by atoms with E-state index in [1.165, 1.54) is 13.0 Å². The first kappa shape index (κ1) is 14.2. The van der Waals surface area contributed by atoms with E-state index in [2.05, 4.69) is 11.9 Å². The zero-order valence-corrected chi connectivity index (χ0v) is 11.5. The number of rotatable bonds is 2. The molecule has 4 nitrogen and oxygen atoms in total. The van der Waals surface area contributed by atoms with Crippen molar-refractivity contribution >= 4 is 17.4 Å². The molecule has 1 aliphatic carbocycles. The molecule has 0 bridgehead atoms. The summed E-state index contributed by atoms with van der Waals surface area (Å²) in [5.41, 5.74) is 6.10. The van der Waals surface area contributed by atoms with Gasteiger partial charge in [0.25, 0.3) is 0 Å². The number of hydrogen-bond donors (Lipinski definition) is 2. The van der Waals surface area contributed by atoms with Gasteiger partial charge in [-0.1, -0.05) is 6.08 Å². The molecule has 0 spiro atoms. The molecule has 0 saturated heterocycles. The number of hydrogen-bond acceptors (Lipinski definition) is 3. The van der Waals surface area contributed by atoms with Gasteiger partial charge in [-0.2, -0.15) is 0 Å². The fourth-order valence-electron chi connectivity index (χ4n) is 2.74. The second-order valence-corrected chi connectivity index (χ2v) is 5.11. The fraction of sp³-hybridized carbons (Fsp3) is 0.333. The molecule has 0 radical (unpaired) electrons. The van der Waals surface area contributed by atoms with Gasteiger partial charge in [-0.3, -0.25) is 9.59 Å². The number of anilines is 1. The van der Waals surface area contributed by atoms with Gasteiger partial charge in [0.1, 0.15) is 11.4 Å². The first-order chi connectivity index (χ1) is 9.32. The SMILES string of the molecule is C=CC1(NC(C)=O)CCc2c(C)c(F)cc(N)c2C1=O. The van der Waals surface area contributed by atoms with Crippen LogP contribution in [-0.2, 0) is 11.2 Å². The molecule has 20 heavy (non-hydrogen) atoms. The molecule has 0 saturated carbocycles. The second kappa shape index (κ2) is 4.74. The minimum absolute atomic E-state index is 0.101. The molecule has 106 valence electrons. The summed E-state index contributed by atoms with van der Waals surface area (Å²) in [5.74, 6) is -1.07. The van der Waals surface area contributed by atoms with Crippen molar-refractivity contribution in [3.05, 3.63) is 41.2 Å². The van der Waals surface area contributed by atoms with Crippen LogP contribution < -0.4 is 11.1 Å². The van der Waals surface area contributed by atoms with Gasteiger partial charge < -0.3 is 11.1 Å². The van der Waals surface area contributed by atoms with Crippen molar-refractivity contribution in [2.45, 2.75) is 32.2 Å². The largest absolute Gasteiger partial charge is 0.398 e. The average Bonchev–Trinajstić information content (AvgIpc) is 2.37. The lowest BCUT2D eigenvalue weighted by molar-refractivity contribution is -0.120. The molecule has 0 heterocycles. The molecule has 1 aliphatic rings. The molecule has 1 unspecified atom stereocenters. The van der Waals surface area contributed by atoms with Crippen LogP contribution in [0.1, 0.15) is 34.8 Å². The Bertz CT molecular complexity index is 625. The summed E-state index contributed by atoms with van der Waals surface area (Å²) in [6.07, 6.45) is 2.24. The Hall–Kier alpha value is -2.17. The molecule has 0 fully saturated rings. The average molecular weight is 276 g/mol. The van der Waals surface area contributed by atoms with Crippen LogP contribution >= 0.6 is 0 Å². The van der Waals surface area contributed by atoms with Crippen LogP contribution in [-0.4, -0.2) is 17.2 Å². The molecule has 1 aromatic carbocycles. The van der Waals surface area contributed by atoms with Gasteiger partial charge in [0.05, 0.1) is 0 Å². The maximum absolute atomic E-state index is 13.7. The predicted octanol–water partition coefficient (Wildman–Crippen LogP) is 1.91. The van der Waals surface area contributed by atoms with Crippen LogP contribution in [0.25, 0.3) is 0 Å². The number of fused-ring (bicyclic) bond motifs is 1. The van der Waals surface area contributed by atoms with E-state index < -0.39 is 11.4 Å². The quantitative estimate of drug-likeness (QED) is 0.640. The van der Waals surface area contributed by atoms with Crippen molar-refractivity contribution < 1.29 is 14.0 Å². The molecular weight excluding hydrogens is 259 g/mol. The van der Waals surface area contributed by atoms with Crippen molar-refractivity contribution in [1.82, 2.24) is 5.32 Å². The van der Waals surface area contributed by atoms with Crippen molar-refractivity contribution in [3.8, 4) is 0 Å². The van der Waals surface area contributed by atoms with Crippen molar-refractivity contribution in [2.75, 3.05) is 5.73 Å². The first-order valence-corrected chi connectivity index (χ1v) is 6.37. The maximum atomic E-state index is 13.7. The predicted molar refractivity (Wildman–Crippen MR) is 74.9 cm³/mol. The van der Waals surface area contributed by atoms with Crippen LogP contribution in [0.15, 0.2) is 18.7 Å². The summed E-state index contributed by atoms with van der Waals surface area (Å²) in [7, 11) is 0.